The molecule has 0 saturated carbocycles. The van der Waals surface area contributed by atoms with Crippen molar-refractivity contribution in [2.75, 3.05) is 26.2 Å². The first kappa shape index (κ1) is 14.9. The molecule has 0 spiro atoms. The zero-order valence-electron chi connectivity index (χ0n) is 13.7. The number of aromatic nitrogens is 1. The van der Waals surface area contributed by atoms with Crippen LogP contribution in [0, 0.1) is 13.8 Å². The standard InChI is InChI=1S/C17H23N3O3/c1-12-15(13(2)23-18-12)8-20-4-6-22-17-10-19(9-16(17)20)7-14-3-5-21-11-14/h3,5,11,16-17H,4,6-10H2,1-2H3/t16-,17+/m0/s1. The molecule has 2 saturated heterocycles. The number of hydrogen-bond donors (Lipinski definition) is 0. The summed E-state index contributed by atoms with van der Waals surface area (Å²) in [7, 11) is 0. The maximum atomic E-state index is 6.02. The normalized spacial score (nSPS) is 25.8. The van der Waals surface area contributed by atoms with E-state index in [4.69, 9.17) is 13.7 Å². The number of nitrogens with zero attached hydrogens (tertiary/aromatic N) is 3. The fourth-order valence-corrected chi connectivity index (χ4v) is 3.73. The van der Waals surface area contributed by atoms with Crippen molar-refractivity contribution in [2.45, 2.75) is 39.1 Å². The SMILES string of the molecule is Cc1noc(C)c1CN1CCO[C@@H]2CN(Cc3ccoc3)C[C@@H]21. The topological polar surface area (TPSA) is 54.9 Å². The van der Waals surface area contributed by atoms with E-state index in [2.05, 4.69) is 15.0 Å². The molecule has 0 aliphatic carbocycles. The van der Waals surface area contributed by atoms with E-state index in [9.17, 15) is 0 Å². The van der Waals surface area contributed by atoms with Gasteiger partial charge in [-0.1, -0.05) is 5.16 Å². The van der Waals surface area contributed by atoms with E-state index >= 15 is 0 Å². The lowest BCUT2D eigenvalue weighted by molar-refractivity contribution is -0.0506. The lowest BCUT2D eigenvalue weighted by atomic mass is 10.1. The molecule has 0 unspecified atom stereocenters. The average Bonchev–Trinajstić information content (AvgIpc) is 3.25. The van der Waals surface area contributed by atoms with Crippen LogP contribution in [0.5, 0.6) is 0 Å². The van der Waals surface area contributed by atoms with E-state index in [1.807, 2.05) is 26.2 Å². The molecule has 0 bridgehead atoms. The smallest absolute Gasteiger partial charge is 0.138 e. The molecule has 0 N–H and O–H groups in total. The highest BCUT2D eigenvalue weighted by atomic mass is 16.5. The molecule has 6 heteroatoms. The number of likely N-dealkylation sites (tertiary alicyclic amines) is 1. The van der Waals surface area contributed by atoms with Crippen LogP contribution < -0.4 is 0 Å². The van der Waals surface area contributed by atoms with Crippen LogP contribution in [0.25, 0.3) is 0 Å². The van der Waals surface area contributed by atoms with Crippen LogP contribution in [0.3, 0.4) is 0 Å². The third kappa shape index (κ3) is 2.94. The largest absolute Gasteiger partial charge is 0.472 e. The van der Waals surface area contributed by atoms with Crippen molar-refractivity contribution in [1.82, 2.24) is 15.0 Å². The maximum Gasteiger partial charge on any atom is 0.138 e. The molecule has 23 heavy (non-hydrogen) atoms. The lowest BCUT2D eigenvalue weighted by Gasteiger charge is -2.36. The fourth-order valence-electron chi connectivity index (χ4n) is 3.73. The highest BCUT2D eigenvalue weighted by Crippen LogP contribution is 2.27. The van der Waals surface area contributed by atoms with E-state index in [0.29, 0.717) is 6.04 Å². The third-order valence-electron chi connectivity index (χ3n) is 5.02. The molecule has 2 atom stereocenters. The Morgan fingerprint density at radius 1 is 1.26 bits per heavy atom. The predicted octanol–water partition coefficient (Wildman–Crippen LogP) is 1.97. The quantitative estimate of drug-likeness (QED) is 0.859. The van der Waals surface area contributed by atoms with Crippen molar-refractivity contribution in [3.05, 3.63) is 41.2 Å². The van der Waals surface area contributed by atoms with Gasteiger partial charge in [0, 0.05) is 43.9 Å². The van der Waals surface area contributed by atoms with E-state index in [1.54, 1.807) is 6.26 Å². The Labute approximate surface area is 136 Å². The van der Waals surface area contributed by atoms with Crippen LogP contribution in [0.4, 0.5) is 0 Å². The molecule has 2 aliphatic rings. The van der Waals surface area contributed by atoms with E-state index in [0.717, 1.165) is 50.8 Å². The molecule has 2 aromatic rings. The van der Waals surface area contributed by atoms with E-state index in [1.165, 1.54) is 11.1 Å². The summed E-state index contributed by atoms with van der Waals surface area (Å²) < 4.78 is 16.5. The zero-order chi connectivity index (χ0) is 15.8. The third-order valence-corrected chi connectivity index (χ3v) is 5.02. The second-order valence-corrected chi connectivity index (χ2v) is 6.58. The number of morpholine rings is 1. The van der Waals surface area contributed by atoms with Crippen molar-refractivity contribution in [3.8, 4) is 0 Å². The minimum atomic E-state index is 0.288. The van der Waals surface area contributed by atoms with Crippen LogP contribution >= 0.6 is 0 Å². The number of ether oxygens (including phenoxy) is 1. The molecule has 124 valence electrons. The predicted molar refractivity (Wildman–Crippen MR) is 83.9 cm³/mol. The van der Waals surface area contributed by atoms with E-state index < -0.39 is 0 Å². The Morgan fingerprint density at radius 3 is 2.91 bits per heavy atom. The van der Waals surface area contributed by atoms with Gasteiger partial charge in [-0.2, -0.15) is 0 Å². The summed E-state index contributed by atoms with van der Waals surface area (Å²) in [6.45, 7) is 9.59. The molecular formula is C17H23N3O3. The van der Waals surface area contributed by atoms with Gasteiger partial charge in [0.25, 0.3) is 0 Å². The van der Waals surface area contributed by atoms with Crippen molar-refractivity contribution in [1.29, 1.82) is 0 Å². The van der Waals surface area contributed by atoms with Gasteiger partial charge in [-0.3, -0.25) is 9.80 Å². The summed E-state index contributed by atoms with van der Waals surface area (Å²) in [5.41, 5.74) is 3.44. The second-order valence-electron chi connectivity index (χ2n) is 6.58. The molecule has 4 rings (SSSR count). The van der Waals surface area contributed by atoms with Gasteiger partial charge in [-0.25, -0.2) is 0 Å². The van der Waals surface area contributed by atoms with Gasteiger partial charge >= 0.3 is 0 Å². The van der Waals surface area contributed by atoms with Gasteiger partial charge in [0.1, 0.15) is 5.76 Å². The molecule has 2 aromatic heterocycles. The van der Waals surface area contributed by atoms with Crippen LogP contribution in [0.15, 0.2) is 27.5 Å². The Balaban J connectivity index is 1.45. The first-order valence-corrected chi connectivity index (χ1v) is 8.21. The number of furan rings is 1. The van der Waals surface area contributed by atoms with Crippen LogP contribution in [0.1, 0.15) is 22.6 Å². The summed E-state index contributed by atoms with van der Waals surface area (Å²) in [4.78, 5) is 4.97. The lowest BCUT2D eigenvalue weighted by Crippen LogP contribution is -2.50. The molecule has 6 nitrogen and oxygen atoms in total. The highest BCUT2D eigenvalue weighted by Gasteiger charge is 2.40. The van der Waals surface area contributed by atoms with Crippen LogP contribution in [-0.4, -0.2) is 53.3 Å². The summed E-state index contributed by atoms with van der Waals surface area (Å²) in [6.07, 6.45) is 3.85. The van der Waals surface area contributed by atoms with Gasteiger partial charge < -0.3 is 13.7 Å². The number of aryl methyl sites for hydroxylation is 2. The van der Waals surface area contributed by atoms with Crippen molar-refractivity contribution >= 4 is 0 Å². The summed E-state index contributed by atoms with van der Waals surface area (Å²) in [5.74, 6) is 0.929. The highest BCUT2D eigenvalue weighted by molar-refractivity contribution is 5.21. The first-order chi connectivity index (χ1) is 11.2. The minimum Gasteiger partial charge on any atom is -0.472 e. The Hall–Kier alpha value is -1.63. The maximum absolute atomic E-state index is 6.02. The van der Waals surface area contributed by atoms with Gasteiger partial charge in [0.2, 0.25) is 0 Å². The molecule has 2 fully saturated rings. The van der Waals surface area contributed by atoms with Gasteiger partial charge in [0.05, 0.1) is 37.0 Å². The zero-order valence-corrected chi connectivity index (χ0v) is 13.7. The van der Waals surface area contributed by atoms with Crippen molar-refractivity contribution in [3.63, 3.8) is 0 Å². The van der Waals surface area contributed by atoms with Crippen molar-refractivity contribution < 1.29 is 13.7 Å². The molecule has 2 aliphatic heterocycles. The van der Waals surface area contributed by atoms with Crippen LogP contribution in [-0.2, 0) is 17.8 Å². The van der Waals surface area contributed by atoms with Gasteiger partial charge in [-0.15, -0.1) is 0 Å². The van der Waals surface area contributed by atoms with E-state index in [-0.39, 0.29) is 6.10 Å². The first-order valence-electron chi connectivity index (χ1n) is 8.21. The molecular weight excluding hydrogens is 294 g/mol. The second kappa shape index (κ2) is 6.11. The number of hydrogen-bond acceptors (Lipinski definition) is 6. The van der Waals surface area contributed by atoms with Gasteiger partial charge in [-0.05, 0) is 19.9 Å². The average molecular weight is 317 g/mol. The summed E-state index contributed by atoms with van der Waals surface area (Å²) in [6, 6.07) is 2.47. The molecule has 0 aromatic carbocycles. The summed E-state index contributed by atoms with van der Waals surface area (Å²) >= 11 is 0. The monoisotopic (exact) mass is 317 g/mol. The van der Waals surface area contributed by atoms with Crippen molar-refractivity contribution in [2.24, 2.45) is 0 Å². The molecule has 4 heterocycles. The van der Waals surface area contributed by atoms with Crippen LogP contribution in [0.2, 0.25) is 0 Å². The Morgan fingerprint density at radius 2 is 2.17 bits per heavy atom. The number of rotatable bonds is 4. The minimum absolute atomic E-state index is 0.288. The molecule has 0 radical (unpaired) electrons. The number of fused-ring (bicyclic) bond motifs is 1. The molecule has 0 amide bonds. The fraction of sp³-hybridized carbons (Fsp3) is 0.588. The Bertz CT molecular complexity index is 633. The van der Waals surface area contributed by atoms with Gasteiger partial charge in [0.15, 0.2) is 0 Å². The Kier molecular flexibility index (Phi) is 3.97. The summed E-state index contributed by atoms with van der Waals surface area (Å²) in [5, 5.41) is 4.08.